The SMILES string of the molecule is C/C=C\C.O=C(Nc1ccn[nH]1)C(=O)c1cn(C/C=C/C=C/F)c2ccccc12. The normalized spacial score (nSPS) is 11.3. The van der Waals surface area contributed by atoms with E-state index in [1.165, 1.54) is 12.3 Å². The van der Waals surface area contributed by atoms with Gasteiger partial charge in [0.05, 0.1) is 18.1 Å². The molecule has 1 aromatic carbocycles. The minimum atomic E-state index is -0.747. The van der Waals surface area contributed by atoms with Crippen LogP contribution in [0.15, 0.2) is 79.4 Å². The van der Waals surface area contributed by atoms with E-state index in [2.05, 4.69) is 15.5 Å². The minimum Gasteiger partial charge on any atom is -0.343 e. The molecule has 0 atom stereocenters. The van der Waals surface area contributed by atoms with Crippen molar-refractivity contribution in [3.63, 3.8) is 0 Å². The molecule has 1 amide bonds. The van der Waals surface area contributed by atoms with Gasteiger partial charge in [0, 0.05) is 29.7 Å². The van der Waals surface area contributed by atoms with E-state index in [4.69, 9.17) is 0 Å². The summed E-state index contributed by atoms with van der Waals surface area (Å²) in [5, 5.41) is 9.44. The number of hydrogen-bond acceptors (Lipinski definition) is 3. The Hall–Kier alpha value is -3.74. The van der Waals surface area contributed by atoms with Gasteiger partial charge in [0.25, 0.3) is 11.7 Å². The summed E-state index contributed by atoms with van der Waals surface area (Å²) in [4.78, 5) is 24.7. The number of carbonyl (C=O) groups excluding carboxylic acids is 2. The summed E-state index contributed by atoms with van der Waals surface area (Å²) >= 11 is 0. The number of Topliss-reactive ketones (excluding diaryl/α,β-unsaturated/α-hetero) is 1. The van der Waals surface area contributed by atoms with Gasteiger partial charge in [-0.15, -0.1) is 0 Å². The van der Waals surface area contributed by atoms with E-state index in [0.29, 0.717) is 29.6 Å². The maximum absolute atomic E-state index is 12.5. The van der Waals surface area contributed by atoms with Crippen molar-refractivity contribution < 1.29 is 14.0 Å². The van der Waals surface area contributed by atoms with Crippen LogP contribution in [0.3, 0.4) is 0 Å². The monoisotopic (exact) mass is 394 g/mol. The van der Waals surface area contributed by atoms with E-state index >= 15 is 0 Å². The number of ketones is 1. The molecule has 0 bridgehead atoms. The van der Waals surface area contributed by atoms with Crippen molar-refractivity contribution >= 4 is 28.4 Å². The number of carbonyl (C=O) groups is 2. The largest absolute Gasteiger partial charge is 0.343 e. The lowest BCUT2D eigenvalue weighted by atomic mass is 10.1. The molecule has 2 N–H and O–H groups in total. The predicted octanol–water partition coefficient (Wildman–Crippen LogP) is 4.81. The molecular formula is C22H23FN4O2. The molecule has 0 fully saturated rings. The second kappa shape index (κ2) is 11.2. The molecule has 0 aliphatic rings. The molecule has 150 valence electrons. The number of allylic oxidation sites excluding steroid dienone is 5. The molecule has 29 heavy (non-hydrogen) atoms. The van der Waals surface area contributed by atoms with Crippen LogP contribution >= 0.6 is 0 Å². The topological polar surface area (TPSA) is 79.8 Å². The molecule has 0 saturated heterocycles. The second-order valence-electron chi connectivity index (χ2n) is 5.88. The maximum Gasteiger partial charge on any atom is 0.297 e. The third-order valence-electron chi connectivity index (χ3n) is 3.94. The quantitative estimate of drug-likeness (QED) is 0.273. The van der Waals surface area contributed by atoms with Gasteiger partial charge in [0.15, 0.2) is 0 Å². The van der Waals surface area contributed by atoms with E-state index in [9.17, 15) is 14.0 Å². The Morgan fingerprint density at radius 3 is 2.59 bits per heavy atom. The molecule has 6 nitrogen and oxygen atoms in total. The first-order chi connectivity index (χ1) is 14.1. The summed E-state index contributed by atoms with van der Waals surface area (Å²) in [5.41, 5.74) is 1.12. The van der Waals surface area contributed by atoms with E-state index in [0.717, 1.165) is 5.52 Å². The third kappa shape index (κ3) is 5.87. The Morgan fingerprint density at radius 1 is 1.17 bits per heavy atom. The van der Waals surface area contributed by atoms with Crippen LogP contribution in [-0.4, -0.2) is 26.5 Å². The van der Waals surface area contributed by atoms with Crippen LogP contribution < -0.4 is 5.32 Å². The number of hydrogen-bond donors (Lipinski definition) is 2. The van der Waals surface area contributed by atoms with Gasteiger partial charge >= 0.3 is 0 Å². The molecular weight excluding hydrogens is 371 g/mol. The number of benzene rings is 1. The number of nitrogens with zero attached hydrogens (tertiary/aromatic N) is 2. The van der Waals surface area contributed by atoms with Crippen molar-refractivity contribution in [3.05, 3.63) is 85.0 Å². The number of rotatable bonds is 6. The van der Waals surface area contributed by atoms with Gasteiger partial charge in [-0.1, -0.05) is 42.5 Å². The fourth-order valence-corrected chi connectivity index (χ4v) is 2.50. The number of nitrogens with one attached hydrogen (secondary N) is 2. The molecule has 0 aliphatic carbocycles. The summed E-state index contributed by atoms with van der Waals surface area (Å²) in [6.45, 7) is 4.44. The van der Waals surface area contributed by atoms with Crippen LogP contribution in [0.2, 0.25) is 0 Å². The zero-order chi connectivity index (χ0) is 21.1. The zero-order valence-electron chi connectivity index (χ0n) is 16.3. The molecule has 7 heteroatoms. The van der Waals surface area contributed by atoms with E-state index < -0.39 is 11.7 Å². The fourth-order valence-electron chi connectivity index (χ4n) is 2.50. The van der Waals surface area contributed by atoms with E-state index in [1.807, 2.05) is 42.7 Å². The maximum atomic E-state index is 12.5. The highest BCUT2D eigenvalue weighted by Gasteiger charge is 2.21. The number of amides is 1. The Kier molecular flexibility index (Phi) is 8.31. The lowest BCUT2D eigenvalue weighted by Crippen LogP contribution is -2.22. The van der Waals surface area contributed by atoms with Crippen LogP contribution in [0.1, 0.15) is 24.2 Å². The smallest absolute Gasteiger partial charge is 0.297 e. The van der Waals surface area contributed by atoms with Gasteiger partial charge in [-0.2, -0.15) is 5.10 Å². The number of para-hydroxylation sites is 1. The Morgan fingerprint density at radius 2 is 1.93 bits per heavy atom. The van der Waals surface area contributed by atoms with Gasteiger partial charge in [0.1, 0.15) is 5.82 Å². The number of anilines is 1. The van der Waals surface area contributed by atoms with E-state index in [-0.39, 0.29) is 0 Å². The molecule has 2 aromatic heterocycles. The van der Waals surface area contributed by atoms with Crippen LogP contribution in [0.5, 0.6) is 0 Å². The summed E-state index contributed by atoms with van der Waals surface area (Å²) in [5.74, 6) is -1.04. The average molecular weight is 394 g/mol. The Balaban J connectivity index is 0.000000687. The highest BCUT2D eigenvalue weighted by molar-refractivity contribution is 6.48. The summed E-state index contributed by atoms with van der Waals surface area (Å²) in [6, 6.07) is 8.85. The molecule has 3 rings (SSSR count). The molecule has 3 aromatic rings. The zero-order valence-corrected chi connectivity index (χ0v) is 16.3. The number of aromatic nitrogens is 3. The predicted molar refractivity (Wildman–Crippen MR) is 113 cm³/mol. The molecule has 2 heterocycles. The van der Waals surface area contributed by atoms with Crippen LogP contribution in [0.25, 0.3) is 10.9 Å². The average Bonchev–Trinajstić information content (AvgIpc) is 3.39. The molecule has 0 spiro atoms. The van der Waals surface area contributed by atoms with Crippen molar-refractivity contribution in [2.75, 3.05) is 5.32 Å². The van der Waals surface area contributed by atoms with Crippen molar-refractivity contribution in [3.8, 4) is 0 Å². The van der Waals surface area contributed by atoms with Gasteiger partial charge in [-0.25, -0.2) is 4.39 Å². The summed E-state index contributed by atoms with van der Waals surface area (Å²) in [7, 11) is 0. The third-order valence-corrected chi connectivity index (χ3v) is 3.94. The van der Waals surface area contributed by atoms with Crippen LogP contribution in [-0.2, 0) is 11.3 Å². The first-order valence-corrected chi connectivity index (χ1v) is 9.04. The fraction of sp³-hybridized carbons (Fsp3) is 0.136. The first kappa shape index (κ1) is 21.6. The Bertz CT molecular complexity index is 1030. The lowest BCUT2D eigenvalue weighted by Gasteiger charge is -2.00. The van der Waals surface area contributed by atoms with Gasteiger partial charge < -0.3 is 9.88 Å². The first-order valence-electron chi connectivity index (χ1n) is 9.04. The molecule has 0 saturated carbocycles. The number of aromatic amines is 1. The number of halogens is 1. The van der Waals surface area contributed by atoms with Crippen molar-refractivity contribution in [1.82, 2.24) is 14.8 Å². The van der Waals surface area contributed by atoms with Crippen molar-refractivity contribution in [1.29, 1.82) is 0 Å². The number of fused-ring (bicyclic) bond motifs is 1. The summed E-state index contributed by atoms with van der Waals surface area (Å²) in [6.07, 6.45) is 12.1. The van der Waals surface area contributed by atoms with E-state index in [1.54, 1.807) is 36.5 Å². The van der Waals surface area contributed by atoms with Gasteiger partial charge in [-0.05, 0) is 26.0 Å². The standard InChI is InChI=1S/C18H15FN4O2.C4H8/c19-9-4-1-5-11-23-12-14(13-6-2-3-7-15(13)23)17(24)18(25)21-16-8-10-20-22-16;1-3-4-2/h1-10,12H,11H2,(H2,20,21,22,25);3-4H,1-2H3/b5-1+,9-4+;4-3-. The lowest BCUT2D eigenvalue weighted by molar-refractivity contribution is -0.112. The second-order valence-corrected chi connectivity index (χ2v) is 5.88. The Labute approximate surface area is 168 Å². The van der Waals surface area contributed by atoms with Crippen LogP contribution in [0, 0.1) is 0 Å². The molecule has 0 aliphatic heterocycles. The van der Waals surface area contributed by atoms with Crippen LogP contribution in [0.4, 0.5) is 10.2 Å². The highest BCUT2D eigenvalue weighted by Crippen LogP contribution is 2.22. The van der Waals surface area contributed by atoms with Gasteiger partial charge in [0.2, 0.25) is 0 Å². The van der Waals surface area contributed by atoms with Crippen molar-refractivity contribution in [2.24, 2.45) is 0 Å². The minimum absolute atomic E-state index is 0.307. The number of H-pyrrole nitrogens is 1. The molecule has 0 radical (unpaired) electrons. The summed E-state index contributed by atoms with van der Waals surface area (Å²) < 4.78 is 13.8. The molecule has 0 unspecified atom stereocenters. The highest BCUT2D eigenvalue weighted by atomic mass is 19.1. The van der Waals surface area contributed by atoms with Crippen molar-refractivity contribution in [2.45, 2.75) is 20.4 Å². The van der Waals surface area contributed by atoms with Gasteiger partial charge in [-0.3, -0.25) is 14.7 Å².